The van der Waals surface area contributed by atoms with Crippen molar-refractivity contribution >= 4 is 29.9 Å². The van der Waals surface area contributed by atoms with Gasteiger partial charge < -0.3 is 15.4 Å². The van der Waals surface area contributed by atoms with Gasteiger partial charge in [0.2, 0.25) is 0 Å². The molecule has 1 saturated carbocycles. The maximum Gasteiger partial charge on any atom is 0.191 e. The van der Waals surface area contributed by atoms with E-state index in [9.17, 15) is 0 Å². The molecule has 0 radical (unpaired) electrons. The molecule has 0 saturated heterocycles. The standard InChI is InChI=1S/C17H27N3O.HI/c1-3-18-17(20-15-8-4-5-9-15)19-12-11-14-7-6-10-16(13-14)21-2;/h6-7,10,13,15H,3-5,8-9,11-12H2,1-2H3,(H2,18,19,20);1H. The van der Waals surface area contributed by atoms with Crippen LogP contribution in [0.1, 0.15) is 38.2 Å². The largest absolute Gasteiger partial charge is 0.497 e. The van der Waals surface area contributed by atoms with Crippen molar-refractivity contribution in [2.45, 2.75) is 45.1 Å². The summed E-state index contributed by atoms with van der Waals surface area (Å²) in [6, 6.07) is 8.79. The summed E-state index contributed by atoms with van der Waals surface area (Å²) in [6.45, 7) is 3.79. The minimum Gasteiger partial charge on any atom is -0.497 e. The number of halogens is 1. The van der Waals surface area contributed by atoms with Crippen LogP contribution in [0.2, 0.25) is 0 Å². The van der Waals surface area contributed by atoms with Gasteiger partial charge in [0.15, 0.2) is 5.96 Å². The summed E-state index contributed by atoms with van der Waals surface area (Å²) >= 11 is 0. The summed E-state index contributed by atoms with van der Waals surface area (Å²) in [5.74, 6) is 1.86. The molecular weight excluding hydrogens is 389 g/mol. The van der Waals surface area contributed by atoms with Crippen LogP contribution >= 0.6 is 24.0 Å². The van der Waals surface area contributed by atoms with E-state index in [1.54, 1.807) is 7.11 Å². The Labute approximate surface area is 151 Å². The summed E-state index contributed by atoms with van der Waals surface area (Å²) in [7, 11) is 1.70. The molecule has 0 heterocycles. The first-order valence-electron chi connectivity index (χ1n) is 7.99. The second-order valence-corrected chi connectivity index (χ2v) is 5.49. The molecule has 22 heavy (non-hydrogen) atoms. The Kier molecular flexibility index (Phi) is 9.27. The summed E-state index contributed by atoms with van der Waals surface area (Å²) < 4.78 is 5.25. The molecule has 2 N–H and O–H groups in total. The number of ether oxygens (including phenoxy) is 1. The molecule has 1 fully saturated rings. The lowest BCUT2D eigenvalue weighted by Gasteiger charge is -2.16. The van der Waals surface area contributed by atoms with Gasteiger partial charge in [-0.2, -0.15) is 0 Å². The fraction of sp³-hybridized carbons (Fsp3) is 0.588. The second-order valence-electron chi connectivity index (χ2n) is 5.49. The summed E-state index contributed by atoms with van der Waals surface area (Å²) in [4.78, 5) is 4.68. The maximum atomic E-state index is 5.25. The van der Waals surface area contributed by atoms with Crippen molar-refractivity contribution in [1.82, 2.24) is 10.6 Å². The zero-order valence-electron chi connectivity index (χ0n) is 13.6. The molecule has 0 atom stereocenters. The normalized spacial score (nSPS) is 15.3. The first-order valence-corrected chi connectivity index (χ1v) is 7.99. The number of guanidine groups is 1. The van der Waals surface area contributed by atoms with E-state index in [1.807, 2.05) is 12.1 Å². The Morgan fingerprint density at radius 3 is 2.77 bits per heavy atom. The van der Waals surface area contributed by atoms with E-state index in [4.69, 9.17) is 4.74 Å². The van der Waals surface area contributed by atoms with Gasteiger partial charge in [-0.3, -0.25) is 4.99 Å². The predicted octanol–water partition coefficient (Wildman–Crippen LogP) is 3.35. The molecule has 0 unspecified atom stereocenters. The van der Waals surface area contributed by atoms with E-state index >= 15 is 0 Å². The Hall–Kier alpha value is -0.980. The van der Waals surface area contributed by atoms with Crippen LogP contribution in [0, 0.1) is 0 Å². The molecule has 0 spiro atoms. The third-order valence-corrected chi connectivity index (χ3v) is 3.84. The predicted molar refractivity (Wildman–Crippen MR) is 103 cm³/mol. The van der Waals surface area contributed by atoms with Crippen LogP contribution < -0.4 is 15.4 Å². The van der Waals surface area contributed by atoms with Gasteiger partial charge in [0.25, 0.3) is 0 Å². The molecule has 1 aliphatic rings. The smallest absolute Gasteiger partial charge is 0.191 e. The van der Waals surface area contributed by atoms with Crippen molar-refractivity contribution in [3.63, 3.8) is 0 Å². The van der Waals surface area contributed by atoms with Gasteiger partial charge in [-0.1, -0.05) is 25.0 Å². The molecule has 2 rings (SSSR count). The molecule has 124 valence electrons. The number of nitrogens with one attached hydrogen (secondary N) is 2. The van der Waals surface area contributed by atoms with Crippen LogP contribution in [0.5, 0.6) is 5.75 Å². The molecule has 0 bridgehead atoms. The van der Waals surface area contributed by atoms with Gasteiger partial charge in [-0.25, -0.2) is 0 Å². The Bertz CT molecular complexity index is 459. The molecule has 5 heteroatoms. The van der Waals surface area contributed by atoms with Gasteiger partial charge in [-0.05, 0) is 43.9 Å². The molecular formula is C17H28IN3O. The topological polar surface area (TPSA) is 45.7 Å². The Balaban J connectivity index is 0.00000242. The monoisotopic (exact) mass is 417 g/mol. The molecule has 0 aliphatic heterocycles. The highest BCUT2D eigenvalue weighted by Gasteiger charge is 2.15. The van der Waals surface area contributed by atoms with Crippen molar-refractivity contribution in [2.24, 2.45) is 4.99 Å². The molecule has 1 aliphatic carbocycles. The first kappa shape index (κ1) is 19.1. The third-order valence-electron chi connectivity index (χ3n) is 3.84. The van der Waals surface area contributed by atoms with Crippen molar-refractivity contribution in [1.29, 1.82) is 0 Å². The Morgan fingerprint density at radius 1 is 1.32 bits per heavy atom. The highest BCUT2D eigenvalue weighted by Crippen LogP contribution is 2.17. The van der Waals surface area contributed by atoms with E-state index < -0.39 is 0 Å². The molecule has 1 aromatic carbocycles. The fourth-order valence-electron chi connectivity index (χ4n) is 2.71. The average Bonchev–Trinajstić information content (AvgIpc) is 3.00. The molecule has 1 aromatic rings. The van der Waals surface area contributed by atoms with Crippen LogP contribution in [0.4, 0.5) is 0 Å². The zero-order chi connectivity index (χ0) is 14.9. The van der Waals surface area contributed by atoms with Crippen molar-refractivity contribution in [3.8, 4) is 5.75 Å². The SMILES string of the molecule is CCNC(=NCCc1cccc(OC)c1)NC1CCCC1.I. The average molecular weight is 417 g/mol. The van der Waals surface area contributed by atoms with Crippen LogP contribution in [-0.2, 0) is 6.42 Å². The van der Waals surface area contributed by atoms with Crippen molar-refractivity contribution in [2.75, 3.05) is 20.2 Å². The lowest BCUT2D eigenvalue weighted by atomic mass is 10.1. The van der Waals surface area contributed by atoms with Gasteiger partial charge in [-0.15, -0.1) is 24.0 Å². The number of aliphatic imine (C=N–C) groups is 1. The van der Waals surface area contributed by atoms with E-state index in [2.05, 4.69) is 34.7 Å². The fourth-order valence-corrected chi connectivity index (χ4v) is 2.71. The van der Waals surface area contributed by atoms with E-state index in [0.29, 0.717) is 6.04 Å². The van der Waals surface area contributed by atoms with Crippen molar-refractivity contribution < 1.29 is 4.74 Å². The van der Waals surface area contributed by atoms with Crippen molar-refractivity contribution in [3.05, 3.63) is 29.8 Å². The summed E-state index contributed by atoms with van der Waals surface area (Å²) in [5, 5.41) is 6.87. The molecule has 0 amide bonds. The minimum absolute atomic E-state index is 0. The minimum atomic E-state index is 0. The second kappa shape index (κ2) is 10.7. The lowest BCUT2D eigenvalue weighted by molar-refractivity contribution is 0.414. The highest BCUT2D eigenvalue weighted by atomic mass is 127. The number of hydrogen-bond acceptors (Lipinski definition) is 2. The summed E-state index contributed by atoms with van der Waals surface area (Å²) in [5.41, 5.74) is 1.26. The van der Waals surface area contributed by atoms with Crippen LogP contribution in [0.15, 0.2) is 29.3 Å². The van der Waals surface area contributed by atoms with E-state index in [0.717, 1.165) is 31.2 Å². The van der Waals surface area contributed by atoms with Crippen LogP contribution in [0.3, 0.4) is 0 Å². The first-order chi connectivity index (χ1) is 10.3. The zero-order valence-corrected chi connectivity index (χ0v) is 15.9. The Morgan fingerprint density at radius 2 is 2.09 bits per heavy atom. The number of nitrogens with zero attached hydrogens (tertiary/aromatic N) is 1. The number of benzene rings is 1. The number of methoxy groups -OCH3 is 1. The van der Waals surface area contributed by atoms with E-state index in [1.165, 1.54) is 31.2 Å². The van der Waals surface area contributed by atoms with Gasteiger partial charge in [0, 0.05) is 19.1 Å². The van der Waals surface area contributed by atoms with Gasteiger partial charge in [0.05, 0.1) is 7.11 Å². The summed E-state index contributed by atoms with van der Waals surface area (Å²) in [6.07, 6.45) is 6.13. The quantitative estimate of drug-likeness (QED) is 0.424. The number of hydrogen-bond donors (Lipinski definition) is 2. The third kappa shape index (κ3) is 6.42. The van der Waals surface area contributed by atoms with Gasteiger partial charge in [0.1, 0.15) is 5.75 Å². The van der Waals surface area contributed by atoms with Gasteiger partial charge >= 0.3 is 0 Å². The highest BCUT2D eigenvalue weighted by molar-refractivity contribution is 14.0. The molecule has 0 aromatic heterocycles. The molecule has 4 nitrogen and oxygen atoms in total. The van der Waals surface area contributed by atoms with Crippen LogP contribution in [0.25, 0.3) is 0 Å². The lowest BCUT2D eigenvalue weighted by Crippen LogP contribution is -2.42. The number of rotatable bonds is 6. The maximum absolute atomic E-state index is 5.25. The van der Waals surface area contributed by atoms with E-state index in [-0.39, 0.29) is 24.0 Å². The van der Waals surface area contributed by atoms with Crippen LogP contribution in [-0.4, -0.2) is 32.2 Å².